The summed E-state index contributed by atoms with van der Waals surface area (Å²) in [5.74, 6) is -0.837. The number of methoxy groups -OCH3 is 5. The van der Waals surface area contributed by atoms with Gasteiger partial charge in [-0.05, 0) is 25.8 Å². The first-order chi connectivity index (χ1) is 16.7. The normalized spacial score (nSPS) is 60.3. The minimum Gasteiger partial charge on any atom is -0.396 e. The van der Waals surface area contributed by atoms with Gasteiger partial charge in [-0.1, -0.05) is 6.92 Å². The molecule has 6 aliphatic rings. The number of aliphatic hydroxyl groups excluding tert-OH is 1. The van der Waals surface area contributed by atoms with Crippen LogP contribution in [0.15, 0.2) is 0 Å². The Morgan fingerprint density at radius 2 is 1.69 bits per heavy atom. The first-order valence-corrected chi connectivity index (χ1v) is 13.2. The second-order valence-corrected chi connectivity index (χ2v) is 12.2. The molecule has 0 aromatic heterocycles. The third-order valence-electron chi connectivity index (χ3n) is 12.0. The van der Waals surface area contributed by atoms with Gasteiger partial charge in [0, 0.05) is 71.7 Å². The highest BCUT2D eigenvalue weighted by Gasteiger charge is 2.95. The van der Waals surface area contributed by atoms with Crippen molar-refractivity contribution >= 4 is 0 Å². The Balaban J connectivity index is 1.75. The van der Waals surface area contributed by atoms with Gasteiger partial charge in [0.25, 0.3) is 0 Å². The average molecular weight is 498 g/mol. The van der Waals surface area contributed by atoms with E-state index in [1.54, 1.807) is 35.5 Å². The molecule has 9 heteroatoms. The van der Waals surface area contributed by atoms with Gasteiger partial charge in [0.2, 0.25) is 0 Å². The summed E-state index contributed by atoms with van der Waals surface area (Å²) in [6.45, 7) is 3.36. The number of aliphatic hydroxyl groups is 3. The van der Waals surface area contributed by atoms with E-state index in [9.17, 15) is 15.3 Å². The van der Waals surface area contributed by atoms with Gasteiger partial charge in [-0.15, -0.1) is 0 Å². The number of rotatable bonds is 7. The Labute approximate surface area is 208 Å². The molecule has 7 bridgehead atoms. The molecule has 0 amide bonds. The van der Waals surface area contributed by atoms with Crippen LogP contribution in [0.3, 0.4) is 0 Å². The van der Waals surface area contributed by atoms with Gasteiger partial charge in [0.15, 0.2) is 0 Å². The highest BCUT2D eigenvalue weighted by molar-refractivity contribution is 5.45. The fourth-order valence-corrected chi connectivity index (χ4v) is 11.4. The standard InChI is InChI=1S/C26H43NO8/c1-7-27-12-22(13-28)9-8-16(32-3)25-19(22)20(34-5)26(30,21(25)27)24(35-6)11-15(31-2)14-10-23(25,29)18(24)17(14)33-4/h14-21,28-30H,7-13H2,1-6H3. The van der Waals surface area contributed by atoms with Crippen LogP contribution in [0.4, 0.5) is 0 Å². The minimum absolute atomic E-state index is 0.0342. The van der Waals surface area contributed by atoms with Gasteiger partial charge in [-0.2, -0.15) is 0 Å². The lowest BCUT2D eigenvalue weighted by Gasteiger charge is -2.72. The molecule has 0 aromatic carbocycles. The number of ether oxygens (including phenoxy) is 5. The van der Waals surface area contributed by atoms with E-state index in [1.165, 1.54) is 0 Å². The monoisotopic (exact) mass is 497 g/mol. The molecule has 1 spiro atoms. The Morgan fingerprint density at radius 3 is 2.23 bits per heavy atom. The summed E-state index contributed by atoms with van der Waals surface area (Å²) in [5.41, 5.74) is -5.31. The van der Waals surface area contributed by atoms with Crippen LogP contribution in [-0.4, -0.2) is 123 Å². The van der Waals surface area contributed by atoms with E-state index in [0.29, 0.717) is 32.4 Å². The molecule has 13 atom stereocenters. The second kappa shape index (κ2) is 7.61. The van der Waals surface area contributed by atoms with Crippen molar-refractivity contribution in [3.05, 3.63) is 0 Å². The van der Waals surface area contributed by atoms with E-state index in [2.05, 4.69) is 11.8 Å². The summed E-state index contributed by atoms with van der Waals surface area (Å²) in [6.07, 6.45) is 0.797. The minimum atomic E-state index is -1.48. The van der Waals surface area contributed by atoms with Crippen LogP contribution in [0.1, 0.15) is 32.6 Å². The third-order valence-corrected chi connectivity index (χ3v) is 12.0. The number of nitrogens with zero attached hydrogens (tertiary/aromatic N) is 1. The number of piperidine rings is 1. The molecule has 1 saturated heterocycles. The molecule has 200 valence electrons. The van der Waals surface area contributed by atoms with Crippen LogP contribution in [0.25, 0.3) is 0 Å². The van der Waals surface area contributed by atoms with E-state index in [1.807, 2.05) is 0 Å². The van der Waals surface area contributed by atoms with Crippen molar-refractivity contribution in [3.63, 3.8) is 0 Å². The number of fused-ring (bicyclic) bond motifs is 2. The lowest BCUT2D eigenvalue weighted by atomic mass is 9.41. The molecule has 5 saturated carbocycles. The summed E-state index contributed by atoms with van der Waals surface area (Å²) in [4.78, 5) is 2.28. The van der Waals surface area contributed by atoms with Crippen molar-refractivity contribution in [2.45, 2.75) is 79.9 Å². The zero-order valence-corrected chi connectivity index (χ0v) is 21.9. The molecule has 0 radical (unpaired) electrons. The van der Waals surface area contributed by atoms with Gasteiger partial charge in [0.05, 0.1) is 48.1 Å². The molecule has 0 aromatic rings. The zero-order valence-electron chi connectivity index (χ0n) is 21.9. The maximum atomic E-state index is 13.3. The van der Waals surface area contributed by atoms with Gasteiger partial charge < -0.3 is 39.0 Å². The van der Waals surface area contributed by atoms with Crippen molar-refractivity contribution in [3.8, 4) is 0 Å². The summed E-state index contributed by atoms with van der Waals surface area (Å²) in [5, 5.41) is 37.6. The number of hydrogen-bond acceptors (Lipinski definition) is 9. The topological polar surface area (TPSA) is 110 Å². The van der Waals surface area contributed by atoms with Gasteiger partial charge in [-0.25, -0.2) is 0 Å². The van der Waals surface area contributed by atoms with Gasteiger partial charge in [0.1, 0.15) is 11.2 Å². The third kappa shape index (κ3) is 2.24. The van der Waals surface area contributed by atoms with Crippen molar-refractivity contribution in [2.24, 2.45) is 28.6 Å². The summed E-state index contributed by atoms with van der Waals surface area (Å²) >= 11 is 0. The lowest BCUT2D eigenvalue weighted by molar-refractivity contribution is -0.362. The predicted octanol–water partition coefficient (Wildman–Crippen LogP) is 0.0400. The van der Waals surface area contributed by atoms with E-state index in [4.69, 9.17) is 23.7 Å². The molecule has 6 fully saturated rings. The molecular weight excluding hydrogens is 454 g/mol. The smallest absolute Gasteiger partial charge is 0.136 e. The average Bonchev–Trinajstić information content (AvgIpc) is 3.22. The number of likely N-dealkylation sites (tertiary alicyclic amines) is 1. The van der Waals surface area contributed by atoms with E-state index in [0.717, 1.165) is 6.42 Å². The van der Waals surface area contributed by atoms with Crippen molar-refractivity contribution in [1.29, 1.82) is 0 Å². The Bertz CT molecular complexity index is 876. The number of hydrogen-bond donors (Lipinski definition) is 3. The maximum absolute atomic E-state index is 13.3. The summed E-state index contributed by atoms with van der Waals surface area (Å²) < 4.78 is 31.2. The fourth-order valence-electron chi connectivity index (χ4n) is 11.4. The molecular formula is C26H43NO8. The van der Waals surface area contributed by atoms with Crippen molar-refractivity contribution in [1.82, 2.24) is 4.90 Å². The predicted molar refractivity (Wildman–Crippen MR) is 125 cm³/mol. The highest BCUT2D eigenvalue weighted by atomic mass is 16.5. The molecule has 1 heterocycles. The maximum Gasteiger partial charge on any atom is 0.136 e. The van der Waals surface area contributed by atoms with Crippen LogP contribution in [-0.2, 0) is 23.7 Å². The molecule has 1 aliphatic heterocycles. The first-order valence-electron chi connectivity index (χ1n) is 13.2. The quantitative estimate of drug-likeness (QED) is 0.449. The molecule has 6 rings (SSSR count). The van der Waals surface area contributed by atoms with Crippen molar-refractivity contribution < 1.29 is 39.0 Å². The van der Waals surface area contributed by atoms with Gasteiger partial charge >= 0.3 is 0 Å². The van der Waals surface area contributed by atoms with Crippen molar-refractivity contribution in [2.75, 3.05) is 55.2 Å². The van der Waals surface area contributed by atoms with Crippen LogP contribution >= 0.6 is 0 Å². The highest BCUT2D eigenvalue weighted by Crippen LogP contribution is 2.82. The largest absolute Gasteiger partial charge is 0.396 e. The van der Waals surface area contributed by atoms with Crippen LogP contribution in [0.5, 0.6) is 0 Å². The van der Waals surface area contributed by atoms with E-state index in [-0.39, 0.29) is 36.8 Å². The SMILES string of the molecule is CCN1CC2(CO)CCC(OC)C34C2C(OC)C(O)(C13)C1(OC)CC(OC)C2CC4(O)C1C2OC. The van der Waals surface area contributed by atoms with E-state index < -0.39 is 45.7 Å². The number of likely N-dealkylation sites (N-methyl/N-ethyl adjacent to an activating group) is 1. The molecule has 3 N–H and O–H groups in total. The second-order valence-electron chi connectivity index (χ2n) is 12.2. The Kier molecular flexibility index (Phi) is 5.42. The summed E-state index contributed by atoms with van der Waals surface area (Å²) in [7, 11) is 8.37. The molecule has 9 nitrogen and oxygen atoms in total. The Morgan fingerprint density at radius 1 is 0.943 bits per heavy atom. The zero-order chi connectivity index (χ0) is 25.2. The van der Waals surface area contributed by atoms with Crippen LogP contribution in [0, 0.1) is 28.6 Å². The summed E-state index contributed by atoms with van der Waals surface area (Å²) in [6, 6.07) is -0.465. The molecule has 13 unspecified atom stereocenters. The Hall–Kier alpha value is -0.360. The molecule has 35 heavy (non-hydrogen) atoms. The first kappa shape index (κ1) is 24.9. The van der Waals surface area contributed by atoms with E-state index >= 15 is 0 Å². The lowest BCUT2D eigenvalue weighted by Crippen LogP contribution is -2.86. The van der Waals surface area contributed by atoms with Crippen LogP contribution < -0.4 is 0 Å². The fraction of sp³-hybridized carbons (Fsp3) is 1.00. The molecule has 5 aliphatic carbocycles. The van der Waals surface area contributed by atoms with Gasteiger partial charge in [-0.3, -0.25) is 4.90 Å². The van der Waals surface area contributed by atoms with Crippen LogP contribution in [0.2, 0.25) is 0 Å².